The van der Waals surface area contributed by atoms with E-state index in [1.165, 1.54) is 0 Å². The number of ketones is 1. The van der Waals surface area contributed by atoms with E-state index < -0.39 is 14.6 Å². The smallest absolute Gasteiger partial charge is 0.183 e. The zero-order valence-corrected chi connectivity index (χ0v) is 17.7. The molecule has 0 aliphatic rings. The molecule has 0 aliphatic heterocycles. The molecule has 2 aromatic rings. The van der Waals surface area contributed by atoms with Crippen molar-refractivity contribution in [2.45, 2.75) is 56.1 Å². The van der Waals surface area contributed by atoms with Crippen LogP contribution in [0.2, 0.25) is 0 Å². The first kappa shape index (κ1) is 21.2. The highest BCUT2D eigenvalue weighted by molar-refractivity contribution is 7.92. The van der Waals surface area contributed by atoms with E-state index in [1.807, 2.05) is 6.07 Å². The van der Waals surface area contributed by atoms with Gasteiger partial charge in [-0.1, -0.05) is 51.1 Å². The Morgan fingerprint density at radius 1 is 0.963 bits per heavy atom. The van der Waals surface area contributed by atoms with Crippen molar-refractivity contribution in [2.75, 3.05) is 7.11 Å². The van der Waals surface area contributed by atoms with Crippen molar-refractivity contribution < 1.29 is 17.9 Å². The molecular formula is C22H28O4S. The Bertz CT molecular complexity index is 921. The Labute approximate surface area is 162 Å². The van der Waals surface area contributed by atoms with Gasteiger partial charge < -0.3 is 4.74 Å². The number of Topliss-reactive ketones (excluding diaryl/α,β-unsaturated/α-hetero) is 1. The fourth-order valence-corrected chi connectivity index (χ4v) is 4.46. The number of hydrogen-bond donors (Lipinski definition) is 0. The quantitative estimate of drug-likeness (QED) is 0.666. The summed E-state index contributed by atoms with van der Waals surface area (Å²) in [5, 5.41) is 0. The molecule has 2 aromatic carbocycles. The van der Waals surface area contributed by atoms with Gasteiger partial charge in [-0.2, -0.15) is 0 Å². The van der Waals surface area contributed by atoms with Gasteiger partial charge in [0, 0.05) is 12.0 Å². The third-order valence-electron chi connectivity index (χ3n) is 4.70. The van der Waals surface area contributed by atoms with E-state index in [-0.39, 0.29) is 22.5 Å². The van der Waals surface area contributed by atoms with E-state index >= 15 is 0 Å². The molecule has 0 amide bonds. The summed E-state index contributed by atoms with van der Waals surface area (Å²) in [5.74, 6) is 0.412. The predicted molar refractivity (Wildman–Crippen MR) is 108 cm³/mol. The molecule has 0 fully saturated rings. The maximum atomic E-state index is 13.0. The van der Waals surface area contributed by atoms with Gasteiger partial charge in [-0.15, -0.1) is 0 Å². The Morgan fingerprint density at radius 2 is 1.56 bits per heavy atom. The Morgan fingerprint density at radius 3 is 2.07 bits per heavy atom. The molecule has 0 saturated carbocycles. The minimum absolute atomic E-state index is 0.109. The van der Waals surface area contributed by atoms with Gasteiger partial charge in [0.1, 0.15) is 5.75 Å². The highest BCUT2D eigenvalue weighted by Gasteiger charge is 2.38. The second-order valence-electron chi connectivity index (χ2n) is 8.34. The van der Waals surface area contributed by atoms with Gasteiger partial charge in [0.25, 0.3) is 0 Å². The number of ether oxygens (including phenoxy) is 1. The van der Waals surface area contributed by atoms with E-state index in [2.05, 4.69) is 20.8 Å². The fourth-order valence-electron chi connectivity index (χ4n) is 2.99. The molecule has 4 nitrogen and oxygen atoms in total. The summed E-state index contributed by atoms with van der Waals surface area (Å²) in [6.07, 6.45) is -0.109. The van der Waals surface area contributed by atoms with Gasteiger partial charge in [-0.25, -0.2) is 8.42 Å². The number of hydrogen-bond acceptors (Lipinski definition) is 4. The minimum Gasteiger partial charge on any atom is -0.496 e. The first-order valence-corrected chi connectivity index (χ1v) is 10.4. The molecule has 0 spiro atoms. The van der Waals surface area contributed by atoms with Crippen molar-refractivity contribution in [3.63, 3.8) is 0 Å². The van der Waals surface area contributed by atoms with Gasteiger partial charge >= 0.3 is 0 Å². The van der Waals surface area contributed by atoms with E-state index in [1.54, 1.807) is 63.4 Å². The maximum Gasteiger partial charge on any atom is 0.183 e. The first-order valence-electron chi connectivity index (χ1n) is 8.91. The number of sulfone groups is 1. The molecule has 0 unspecified atom stereocenters. The summed E-state index contributed by atoms with van der Waals surface area (Å²) in [5.41, 5.74) is 1.33. The zero-order chi connectivity index (χ0) is 20.5. The van der Waals surface area contributed by atoms with Crippen LogP contribution in [0.25, 0.3) is 0 Å². The van der Waals surface area contributed by atoms with Crippen LogP contribution in [0.4, 0.5) is 0 Å². The Balaban J connectivity index is 2.34. The van der Waals surface area contributed by atoms with Crippen LogP contribution in [-0.4, -0.2) is 26.1 Å². The van der Waals surface area contributed by atoms with Crippen molar-refractivity contribution in [1.82, 2.24) is 0 Å². The summed E-state index contributed by atoms with van der Waals surface area (Å²) < 4.78 is 30.1. The van der Waals surface area contributed by atoms with Gasteiger partial charge in [0.05, 0.1) is 16.8 Å². The van der Waals surface area contributed by atoms with E-state index in [0.717, 1.165) is 5.56 Å². The summed E-state index contributed by atoms with van der Waals surface area (Å²) >= 11 is 0. The molecule has 146 valence electrons. The van der Waals surface area contributed by atoms with Gasteiger partial charge in [-0.05, 0) is 43.0 Å². The lowest BCUT2D eigenvalue weighted by Crippen LogP contribution is -2.34. The molecule has 0 aromatic heterocycles. The lowest BCUT2D eigenvalue weighted by Gasteiger charge is -2.25. The van der Waals surface area contributed by atoms with Crippen LogP contribution in [0.15, 0.2) is 53.4 Å². The number of carbonyl (C=O) groups excluding carboxylic acids is 1. The highest BCUT2D eigenvalue weighted by atomic mass is 32.2. The Hall–Kier alpha value is -2.14. The third-order valence-corrected chi connectivity index (χ3v) is 7.19. The molecule has 0 aliphatic carbocycles. The number of carbonyl (C=O) groups is 1. The van der Waals surface area contributed by atoms with Crippen molar-refractivity contribution in [2.24, 2.45) is 0 Å². The van der Waals surface area contributed by atoms with Gasteiger partial charge in [0.15, 0.2) is 15.6 Å². The summed E-state index contributed by atoms with van der Waals surface area (Å²) in [6.45, 7) is 9.40. The van der Waals surface area contributed by atoms with Crippen molar-refractivity contribution in [1.29, 1.82) is 0 Å². The van der Waals surface area contributed by atoms with Crippen molar-refractivity contribution in [3.05, 3.63) is 59.7 Å². The maximum absolute atomic E-state index is 13.0. The number of rotatable bonds is 6. The van der Waals surface area contributed by atoms with Crippen LogP contribution in [0.1, 0.15) is 57.0 Å². The molecule has 5 heteroatoms. The SMILES string of the molecule is COc1cc(C(=O)CC(C)(C)S(=O)(=O)c2ccccc2)ccc1C(C)(C)C. The lowest BCUT2D eigenvalue weighted by molar-refractivity contribution is 0.0971. The standard InChI is InChI=1S/C22H28O4S/c1-21(2,3)18-13-12-16(14-20(18)26-6)19(23)15-22(4,5)27(24,25)17-10-8-7-9-11-17/h7-14H,15H2,1-6H3. The fraction of sp³-hybridized carbons (Fsp3) is 0.409. The van der Waals surface area contributed by atoms with Gasteiger partial charge in [-0.3, -0.25) is 4.79 Å². The summed E-state index contributed by atoms with van der Waals surface area (Å²) in [4.78, 5) is 13.1. The monoisotopic (exact) mass is 388 g/mol. The summed E-state index contributed by atoms with van der Waals surface area (Å²) in [7, 11) is -2.07. The second kappa shape index (κ2) is 7.47. The third kappa shape index (κ3) is 4.41. The lowest BCUT2D eigenvalue weighted by atomic mass is 9.85. The largest absolute Gasteiger partial charge is 0.496 e. The number of methoxy groups -OCH3 is 1. The predicted octanol–water partition coefficient (Wildman–Crippen LogP) is 4.82. The van der Waals surface area contributed by atoms with E-state index in [0.29, 0.717) is 11.3 Å². The molecule has 0 radical (unpaired) electrons. The van der Waals surface area contributed by atoms with E-state index in [4.69, 9.17) is 4.74 Å². The minimum atomic E-state index is -3.64. The van der Waals surface area contributed by atoms with Crippen LogP contribution in [-0.2, 0) is 15.3 Å². The first-order chi connectivity index (χ1) is 12.4. The molecule has 0 N–H and O–H groups in total. The normalized spacial score (nSPS) is 12.7. The Kier molecular flexibility index (Phi) is 5.85. The van der Waals surface area contributed by atoms with E-state index in [9.17, 15) is 13.2 Å². The molecule has 2 rings (SSSR count). The zero-order valence-electron chi connectivity index (χ0n) is 16.9. The van der Waals surface area contributed by atoms with Crippen LogP contribution in [0.3, 0.4) is 0 Å². The van der Waals surface area contributed by atoms with Crippen molar-refractivity contribution >= 4 is 15.6 Å². The topological polar surface area (TPSA) is 60.4 Å². The number of benzene rings is 2. The molecule has 0 bridgehead atoms. The van der Waals surface area contributed by atoms with Crippen LogP contribution >= 0.6 is 0 Å². The summed E-state index contributed by atoms with van der Waals surface area (Å²) in [6, 6.07) is 13.6. The average Bonchev–Trinajstić information content (AvgIpc) is 2.60. The molecule has 0 saturated heterocycles. The van der Waals surface area contributed by atoms with Gasteiger partial charge in [0.2, 0.25) is 0 Å². The second-order valence-corrected chi connectivity index (χ2v) is 10.9. The molecule has 0 heterocycles. The average molecular weight is 389 g/mol. The molecule has 27 heavy (non-hydrogen) atoms. The van der Waals surface area contributed by atoms with Crippen LogP contribution in [0.5, 0.6) is 5.75 Å². The van der Waals surface area contributed by atoms with Crippen molar-refractivity contribution in [3.8, 4) is 5.75 Å². The highest BCUT2D eigenvalue weighted by Crippen LogP contribution is 2.34. The molecule has 0 atom stereocenters. The van der Waals surface area contributed by atoms with Crippen LogP contribution < -0.4 is 4.74 Å². The molecular weight excluding hydrogens is 360 g/mol. The van der Waals surface area contributed by atoms with Crippen LogP contribution in [0, 0.1) is 0 Å².